The van der Waals surface area contributed by atoms with Crippen molar-refractivity contribution in [3.05, 3.63) is 70.1 Å². The number of piperidine rings is 1. The Morgan fingerprint density at radius 1 is 1.22 bits per heavy atom. The maximum Gasteiger partial charge on any atom is 0.271 e. The molecule has 1 aliphatic rings. The van der Waals surface area contributed by atoms with Crippen LogP contribution in [0.15, 0.2) is 59.0 Å². The average Bonchev–Trinajstić information content (AvgIpc) is 3.32. The number of nitrogens with two attached hydrogens (primary N) is 1. The second kappa shape index (κ2) is 13.3. The number of thiophene rings is 1. The van der Waals surface area contributed by atoms with Gasteiger partial charge in [0, 0.05) is 38.0 Å². The van der Waals surface area contributed by atoms with E-state index in [0.29, 0.717) is 62.1 Å². The molecular formula is C27H37N5O3S. The first-order valence-electron chi connectivity index (χ1n) is 12.4. The minimum Gasteiger partial charge on any atom is -0.388 e. The smallest absolute Gasteiger partial charge is 0.271 e. The summed E-state index contributed by atoms with van der Waals surface area (Å²) in [5.41, 5.74) is 6.93. The molecule has 1 fully saturated rings. The predicted molar refractivity (Wildman–Crippen MR) is 147 cm³/mol. The van der Waals surface area contributed by atoms with Gasteiger partial charge in [0.25, 0.3) is 5.56 Å². The zero-order chi connectivity index (χ0) is 26.0. The number of aliphatic hydroxyl groups is 1. The number of anilines is 1. The Labute approximate surface area is 216 Å². The van der Waals surface area contributed by atoms with Crippen LogP contribution in [0.2, 0.25) is 0 Å². The highest BCUT2D eigenvalue weighted by atomic mass is 32.1. The molecule has 4 rings (SSSR count). The number of hydrogen-bond acceptors (Lipinski definition) is 7. The molecule has 194 valence electrons. The summed E-state index contributed by atoms with van der Waals surface area (Å²) in [5.74, 6) is 0.104. The zero-order valence-corrected chi connectivity index (χ0v) is 22.0. The Morgan fingerprint density at radius 3 is 2.56 bits per heavy atom. The third-order valence-electron chi connectivity index (χ3n) is 6.32. The monoisotopic (exact) mass is 511 g/mol. The van der Waals surface area contributed by atoms with E-state index in [1.165, 1.54) is 22.2 Å². The number of aryl methyl sites for hydroxylation is 1. The summed E-state index contributed by atoms with van der Waals surface area (Å²) >= 11 is 1.34. The van der Waals surface area contributed by atoms with E-state index in [9.17, 15) is 14.7 Å². The highest BCUT2D eigenvalue weighted by Gasteiger charge is 2.34. The number of rotatable bonds is 8. The number of nitrogens with zero attached hydrogens (tertiary/aromatic N) is 3. The zero-order valence-electron chi connectivity index (χ0n) is 21.2. The van der Waals surface area contributed by atoms with Crippen molar-refractivity contribution in [3.63, 3.8) is 0 Å². The number of carbonyl (C=O) groups excluding carboxylic acids is 1. The molecule has 4 N–H and O–H groups in total. The molecule has 0 aliphatic carbocycles. The molecule has 36 heavy (non-hydrogen) atoms. The van der Waals surface area contributed by atoms with E-state index in [-0.39, 0.29) is 18.0 Å². The highest BCUT2D eigenvalue weighted by Crippen LogP contribution is 2.27. The summed E-state index contributed by atoms with van der Waals surface area (Å²) in [6, 6.07) is 9.96. The van der Waals surface area contributed by atoms with Gasteiger partial charge < -0.3 is 21.1 Å². The van der Waals surface area contributed by atoms with Gasteiger partial charge in [0.05, 0.1) is 24.2 Å². The van der Waals surface area contributed by atoms with Crippen molar-refractivity contribution < 1.29 is 9.90 Å². The van der Waals surface area contributed by atoms with Gasteiger partial charge in [-0.25, -0.2) is 4.98 Å². The van der Waals surface area contributed by atoms with Crippen LogP contribution in [0.1, 0.15) is 38.7 Å². The van der Waals surface area contributed by atoms with Crippen molar-refractivity contribution in [2.75, 3.05) is 31.5 Å². The summed E-state index contributed by atoms with van der Waals surface area (Å²) in [4.78, 5) is 31.8. The Hall–Kier alpha value is -3.01. The normalized spacial score (nSPS) is 15.1. The van der Waals surface area contributed by atoms with Crippen LogP contribution in [0.3, 0.4) is 0 Å². The third-order valence-corrected chi connectivity index (χ3v) is 7.28. The van der Waals surface area contributed by atoms with Gasteiger partial charge in [0.15, 0.2) is 0 Å². The minimum absolute atomic E-state index is 0.104. The fraction of sp³-hybridized carbons (Fsp3) is 0.444. The molecule has 0 saturated carbocycles. The lowest BCUT2D eigenvalue weighted by atomic mass is 9.91. The Morgan fingerprint density at radius 2 is 1.92 bits per heavy atom. The first kappa shape index (κ1) is 27.6. The number of aromatic nitrogens is 2. The minimum atomic E-state index is -1.03. The number of benzene rings is 1. The molecule has 0 radical (unpaired) electrons. The fourth-order valence-corrected chi connectivity index (χ4v) is 5.01. The second-order valence-corrected chi connectivity index (χ2v) is 9.86. The Kier molecular flexibility index (Phi) is 10.2. The van der Waals surface area contributed by atoms with Crippen LogP contribution >= 0.6 is 11.3 Å². The molecule has 3 aromatic rings. The highest BCUT2D eigenvalue weighted by molar-refractivity contribution is 7.17. The van der Waals surface area contributed by atoms with Crippen molar-refractivity contribution in [2.45, 2.75) is 51.7 Å². The average molecular weight is 512 g/mol. The molecule has 9 heteroatoms. The number of amides is 1. The van der Waals surface area contributed by atoms with Crippen molar-refractivity contribution in [1.82, 2.24) is 14.5 Å². The summed E-state index contributed by atoms with van der Waals surface area (Å²) in [6.45, 7) is 6.25. The van der Waals surface area contributed by atoms with Crippen LogP contribution in [0.5, 0.6) is 0 Å². The van der Waals surface area contributed by atoms with Gasteiger partial charge in [-0.3, -0.25) is 14.2 Å². The molecular weight excluding hydrogens is 474 g/mol. The Balaban J connectivity index is 0.000000840. The van der Waals surface area contributed by atoms with E-state index in [4.69, 9.17) is 5.73 Å². The molecule has 0 bridgehead atoms. The number of hydrogen-bond donors (Lipinski definition) is 3. The molecule has 1 saturated heterocycles. The largest absolute Gasteiger partial charge is 0.388 e. The topological polar surface area (TPSA) is 113 Å². The lowest BCUT2D eigenvalue weighted by Gasteiger charge is -2.38. The number of likely N-dealkylation sites (tertiary alicyclic amines) is 1. The van der Waals surface area contributed by atoms with Crippen LogP contribution in [0, 0.1) is 0 Å². The van der Waals surface area contributed by atoms with E-state index >= 15 is 0 Å². The van der Waals surface area contributed by atoms with Crippen LogP contribution in [-0.4, -0.2) is 57.2 Å². The second-order valence-electron chi connectivity index (χ2n) is 8.98. The molecule has 1 aliphatic heterocycles. The molecule has 8 nitrogen and oxygen atoms in total. The fourth-order valence-electron chi connectivity index (χ4n) is 4.09. The summed E-state index contributed by atoms with van der Waals surface area (Å²) in [6.07, 6.45) is 7.54. The third kappa shape index (κ3) is 7.25. The Bertz CT molecular complexity index is 1190. The van der Waals surface area contributed by atoms with Crippen molar-refractivity contribution in [3.8, 4) is 0 Å². The summed E-state index contributed by atoms with van der Waals surface area (Å²) in [5, 5.41) is 16.1. The number of fused-ring (bicyclic) bond motifs is 1. The van der Waals surface area contributed by atoms with Gasteiger partial charge in [-0.05, 0) is 38.7 Å². The standard InChI is InChI=1S/C23H29N5O3S.C4H8/c24-10-11-25-18-14-32-21-20(18)26-16-28(22(21)30)15-23(31)8-12-27(13-9-23)19(29)7-6-17-4-2-1-3-5-17;1-3-4-2/h1-5,14,16,25,31H,6-13,15,24H2;3-4H,1-2H3/b;4-3-. The van der Waals surface area contributed by atoms with Crippen molar-refractivity contribution in [2.24, 2.45) is 5.73 Å². The van der Waals surface area contributed by atoms with Crippen LogP contribution in [0.4, 0.5) is 5.69 Å². The first-order valence-corrected chi connectivity index (χ1v) is 13.3. The lowest BCUT2D eigenvalue weighted by Crippen LogP contribution is -2.49. The first-order chi connectivity index (χ1) is 17.4. The number of nitrogens with one attached hydrogen (secondary N) is 1. The molecule has 0 spiro atoms. The number of carbonyl (C=O) groups is 1. The van der Waals surface area contributed by atoms with Crippen LogP contribution < -0.4 is 16.6 Å². The van der Waals surface area contributed by atoms with Gasteiger partial charge in [0.2, 0.25) is 5.91 Å². The van der Waals surface area contributed by atoms with E-state index in [1.807, 2.05) is 66.6 Å². The van der Waals surface area contributed by atoms with Gasteiger partial charge >= 0.3 is 0 Å². The molecule has 0 unspecified atom stereocenters. The molecule has 3 heterocycles. The maximum atomic E-state index is 12.9. The van der Waals surface area contributed by atoms with E-state index in [1.54, 1.807) is 0 Å². The van der Waals surface area contributed by atoms with E-state index < -0.39 is 5.60 Å². The van der Waals surface area contributed by atoms with Crippen molar-refractivity contribution >= 4 is 33.1 Å². The van der Waals surface area contributed by atoms with Crippen molar-refractivity contribution in [1.29, 1.82) is 0 Å². The molecule has 0 atom stereocenters. The van der Waals surface area contributed by atoms with Crippen LogP contribution in [-0.2, 0) is 17.8 Å². The van der Waals surface area contributed by atoms with Gasteiger partial charge in [0.1, 0.15) is 10.2 Å². The van der Waals surface area contributed by atoms with Gasteiger partial charge in [-0.1, -0.05) is 42.5 Å². The van der Waals surface area contributed by atoms with Gasteiger partial charge in [-0.15, -0.1) is 11.3 Å². The van der Waals surface area contributed by atoms with Crippen LogP contribution in [0.25, 0.3) is 10.2 Å². The number of allylic oxidation sites excluding steroid dienone is 2. The SMILES string of the molecule is C/C=C\C.NCCNc1csc2c(=O)n(CC3(O)CCN(C(=O)CCc4ccccc4)CC3)cnc12. The molecule has 1 aromatic carbocycles. The summed E-state index contributed by atoms with van der Waals surface area (Å²) in [7, 11) is 0. The molecule has 1 amide bonds. The lowest BCUT2D eigenvalue weighted by molar-refractivity contribution is -0.135. The van der Waals surface area contributed by atoms with E-state index in [2.05, 4.69) is 10.3 Å². The maximum absolute atomic E-state index is 12.9. The summed E-state index contributed by atoms with van der Waals surface area (Å²) < 4.78 is 2.04. The van der Waals surface area contributed by atoms with Gasteiger partial charge in [-0.2, -0.15) is 0 Å². The predicted octanol–water partition coefficient (Wildman–Crippen LogP) is 3.40. The van der Waals surface area contributed by atoms with E-state index in [0.717, 1.165) is 11.3 Å². The quantitative estimate of drug-likeness (QED) is 0.400. The molecule has 2 aromatic heterocycles.